The van der Waals surface area contributed by atoms with E-state index in [2.05, 4.69) is 4.98 Å². The molecule has 0 fully saturated rings. The molecule has 16 heavy (non-hydrogen) atoms. The van der Waals surface area contributed by atoms with Crippen molar-refractivity contribution in [2.24, 2.45) is 0 Å². The lowest BCUT2D eigenvalue weighted by Crippen LogP contribution is -1.96. The zero-order valence-electron chi connectivity index (χ0n) is 9.06. The molecule has 0 amide bonds. The average Bonchev–Trinajstić information content (AvgIpc) is 2.82. The molecule has 0 radical (unpaired) electrons. The van der Waals surface area contributed by atoms with Crippen molar-refractivity contribution in [3.8, 4) is 23.0 Å². The van der Waals surface area contributed by atoms with Gasteiger partial charge in [-0.3, -0.25) is 0 Å². The topological polar surface area (TPSA) is 70.5 Å². The maximum Gasteiger partial charge on any atom is 0.229 e. The van der Waals surface area contributed by atoms with Gasteiger partial charge in [-0.25, -0.2) is 4.98 Å². The summed E-state index contributed by atoms with van der Waals surface area (Å²) in [5.74, 6) is 1.63. The number of nitrogens with two attached hydrogens (primary N) is 1. The number of nitrogens with zero attached hydrogens (tertiary/aromatic N) is 1. The van der Waals surface area contributed by atoms with Crippen molar-refractivity contribution in [3.63, 3.8) is 0 Å². The fourth-order valence-electron chi connectivity index (χ4n) is 1.45. The van der Waals surface area contributed by atoms with E-state index in [1.165, 1.54) is 6.26 Å². The second-order valence-corrected chi connectivity index (χ2v) is 3.13. The highest BCUT2D eigenvalue weighted by molar-refractivity contribution is 5.72. The molecule has 5 heteroatoms. The maximum atomic E-state index is 5.81. The molecule has 0 aliphatic carbocycles. The van der Waals surface area contributed by atoms with E-state index in [-0.39, 0.29) is 0 Å². The smallest absolute Gasteiger partial charge is 0.229 e. The number of hydrogen-bond donors (Lipinski definition) is 1. The number of benzene rings is 1. The minimum atomic E-state index is 0.464. The molecular formula is C11H12N2O3. The summed E-state index contributed by atoms with van der Waals surface area (Å²) in [6.07, 6.45) is 3.06. The van der Waals surface area contributed by atoms with E-state index in [4.69, 9.17) is 19.6 Å². The number of oxazole rings is 1. The Kier molecular flexibility index (Phi) is 2.68. The first-order valence-electron chi connectivity index (χ1n) is 4.67. The lowest BCUT2D eigenvalue weighted by Gasteiger charge is -2.10. The van der Waals surface area contributed by atoms with E-state index in [1.54, 1.807) is 32.5 Å². The highest BCUT2D eigenvalue weighted by Gasteiger charge is 2.13. The third-order valence-electron chi connectivity index (χ3n) is 2.21. The molecule has 0 aliphatic heterocycles. The minimum Gasteiger partial charge on any atom is -0.496 e. The molecule has 0 bridgehead atoms. The van der Waals surface area contributed by atoms with Crippen molar-refractivity contribution in [3.05, 3.63) is 24.6 Å². The number of anilines is 1. The largest absolute Gasteiger partial charge is 0.496 e. The molecule has 5 nitrogen and oxygen atoms in total. The van der Waals surface area contributed by atoms with Gasteiger partial charge in [-0.1, -0.05) is 0 Å². The van der Waals surface area contributed by atoms with Crippen molar-refractivity contribution >= 4 is 5.69 Å². The molecular weight excluding hydrogens is 208 g/mol. The zero-order valence-corrected chi connectivity index (χ0v) is 9.06. The number of hydrogen-bond acceptors (Lipinski definition) is 5. The van der Waals surface area contributed by atoms with Gasteiger partial charge in [-0.2, -0.15) is 0 Å². The first-order chi connectivity index (χ1) is 7.76. The summed E-state index contributed by atoms with van der Waals surface area (Å²) < 4.78 is 15.5. The third kappa shape index (κ3) is 1.67. The minimum absolute atomic E-state index is 0.464. The molecule has 2 rings (SSSR count). The van der Waals surface area contributed by atoms with Crippen LogP contribution in [0.15, 0.2) is 29.0 Å². The van der Waals surface area contributed by atoms with E-state index in [0.29, 0.717) is 28.6 Å². The zero-order chi connectivity index (χ0) is 11.5. The molecule has 84 valence electrons. The Morgan fingerprint density at radius 2 is 1.94 bits per heavy atom. The van der Waals surface area contributed by atoms with Crippen molar-refractivity contribution in [1.82, 2.24) is 4.98 Å². The van der Waals surface area contributed by atoms with Crippen molar-refractivity contribution < 1.29 is 13.9 Å². The van der Waals surface area contributed by atoms with Crippen LogP contribution in [0.4, 0.5) is 5.69 Å². The number of ether oxygens (including phenoxy) is 2. The van der Waals surface area contributed by atoms with E-state index in [0.717, 1.165) is 0 Å². The second-order valence-electron chi connectivity index (χ2n) is 3.13. The van der Waals surface area contributed by atoms with E-state index < -0.39 is 0 Å². The van der Waals surface area contributed by atoms with Gasteiger partial charge in [0.2, 0.25) is 5.89 Å². The van der Waals surface area contributed by atoms with Crippen LogP contribution in [-0.4, -0.2) is 19.2 Å². The van der Waals surface area contributed by atoms with Gasteiger partial charge in [0, 0.05) is 6.07 Å². The number of aromatic nitrogens is 1. The van der Waals surface area contributed by atoms with Crippen molar-refractivity contribution in [2.45, 2.75) is 0 Å². The Balaban J connectivity index is 2.57. The summed E-state index contributed by atoms with van der Waals surface area (Å²) in [4.78, 5) is 4.05. The predicted octanol–water partition coefficient (Wildman–Crippen LogP) is 1.94. The van der Waals surface area contributed by atoms with Crippen LogP contribution in [0.3, 0.4) is 0 Å². The van der Waals surface area contributed by atoms with Crippen LogP contribution in [0.5, 0.6) is 11.5 Å². The fourth-order valence-corrected chi connectivity index (χ4v) is 1.45. The normalized spacial score (nSPS) is 10.1. The molecule has 1 aromatic carbocycles. The predicted molar refractivity (Wildman–Crippen MR) is 59.5 cm³/mol. The molecule has 0 saturated heterocycles. The van der Waals surface area contributed by atoms with Crippen molar-refractivity contribution in [2.75, 3.05) is 20.0 Å². The number of rotatable bonds is 3. The molecule has 0 saturated carbocycles. The van der Waals surface area contributed by atoms with Crippen LogP contribution in [0.25, 0.3) is 11.5 Å². The highest BCUT2D eigenvalue weighted by atomic mass is 16.5. The van der Waals surface area contributed by atoms with Gasteiger partial charge in [0.1, 0.15) is 17.8 Å². The molecule has 2 N–H and O–H groups in total. The molecule has 0 unspecified atom stereocenters. The summed E-state index contributed by atoms with van der Waals surface area (Å²) in [6.45, 7) is 0. The van der Waals surface area contributed by atoms with Crippen LogP contribution in [0.2, 0.25) is 0 Å². The summed E-state index contributed by atoms with van der Waals surface area (Å²) in [5, 5.41) is 0. The Morgan fingerprint density at radius 1 is 1.19 bits per heavy atom. The molecule has 1 heterocycles. The molecule has 0 aliphatic rings. The van der Waals surface area contributed by atoms with E-state index in [9.17, 15) is 0 Å². The van der Waals surface area contributed by atoms with Crippen LogP contribution in [0.1, 0.15) is 0 Å². The number of methoxy groups -OCH3 is 2. The van der Waals surface area contributed by atoms with Gasteiger partial charge in [0.25, 0.3) is 0 Å². The monoisotopic (exact) mass is 220 g/mol. The van der Waals surface area contributed by atoms with Gasteiger partial charge >= 0.3 is 0 Å². The third-order valence-corrected chi connectivity index (χ3v) is 2.21. The summed E-state index contributed by atoms with van der Waals surface area (Å²) in [7, 11) is 3.12. The molecule has 2 aromatic rings. The highest BCUT2D eigenvalue weighted by Crippen LogP contribution is 2.36. The van der Waals surface area contributed by atoms with Crippen molar-refractivity contribution in [1.29, 1.82) is 0 Å². The molecule has 0 atom stereocenters. The average molecular weight is 220 g/mol. The Labute approximate surface area is 92.8 Å². The summed E-state index contributed by atoms with van der Waals surface area (Å²) in [5.41, 5.74) is 7.02. The molecule has 0 spiro atoms. The maximum absolute atomic E-state index is 5.81. The summed E-state index contributed by atoms with van der Waals surface area (Å²) in [6, 6.07) is 3.42. The van der Waals surface area contributed by atoms with Gasteiger partial charge in [-0.05, 0) is 6.07 Å². The first kappa shape index (κ1) is 10.4. The van der Waals surface area contributed by atoms with Crippen LogP contribution >= 0.6 is 0 Å². The quantitative estimate of drug-likeness (QED) is 0.800. The first-order valence-corrected chi connectivity index (χ1v) is 4.67. The SMILES string of the molecule is COc1cc(OC)c(-c2ncco2)cc1N. The standard InChI is InChI=1S/C11H12N2O3/c1-14-9-6-10(15-2)8(12)5-7(9)11-13-3-4-16-11/h3-6H,12H2,1-2H3. The van der Waals surface area contributed by atoms with Crippen LogP contribution in [-0.2, 0) is 0 Å². The Bertz CT molecular complexity index is 480. The second kappa shape index (κ2) is 4.14. The van der Waals surface area contributed by atoms with Crippen LogP contribution < -0.4 is 15.2 Å². The summed E-state index contributed by atoms with van der Waals surface area (Å²) >= 11 is 0. The van der Waals surface area contributed by atoms with Crippen LogP contribution in [0, 0.1) is 0 Å². The van der Waals surface area contributed by atoms with E-state index in [1.807, 2.05) is 0 Å². The number of nitrogen functional groups attached to an aromatic ring is 1. The fraction of sp³-hybridized carbons (Fsp3) is 0.182. The molecule has 1 aromatic heterocycles. The lowest BCUT2D eigenvalue weighted by molar-refractivity contribution is 0.395. The van der Waals surface area contributed by atoms with Gasteiger partial charge < -0.3 is 19.6 Å². The van der Waals surface area contributed by atoms with Gasteiger partial charge in [0.05, 0.1) is 31.7 Å². The van der Waals surface area contributed by atoms with E-state index >= 15 is 0 Å². The van der Waals surface area contributed by atoms with Gasteiger partial charge in [-0.15, -0.1) is 0 Å². The lowest BCUT2D eigenvalue weighted by atomic mass is 10.1. The Hall–Kier alpha value is -2.17. The Morgan fingerprint density at radius 3 is 2.50 bits per heavy atom. The van der Waals surface area contributed by atoms with Gasteiger partial charge in [0.15, 0.2) is 0 Å².